The van der Waals surface area contributed by atoms with E-state index in [4.69, 9.17) is 0 Å². The van der Waals surface area contributed by atoms with E-state index >= 15 is 0 Å². The molecule has 0 saturated heterocycles. The first-order valence-electron chi connectivity index (χ1n) is 6.19. The van der Waals surface area contributed by atoms with Gasteiger partial charge in [-0.15, -0.1) is 0 Å². The fourth-order valence-electron chi connectivity index (χ4n) is 2.41. The fourth-order valence-corrected chi connectivity index (χ4v) is 2.41. The number of benzene rings is 2. The molecular weight excluding hydrogens is 220 g/mol. The van der Waals surface area contributed by atoms with Crippen LogP contribution in [0.2, 0.25) is 0 Å². The summed E-state index contributed by atoms with van der Waals surface area (Å²) < 4.78 is 2.31. The Hall–Kier alpha value is -2.06. The normalized spacial score (nSPS) is 10.9. The van der Waals surface area contributed by atoms with Crippen molar-refractivity contribution in [3.63, 3.8) is 0 Å². The topological polar surface area (TPSA) is 17.0 Å². The van der Waals surface area contributed by atoms with E-state index < -0.39 is 0 Å². The molecule has 2 nitrogen and oxygen atoms in total. The van der Waals surface area contributed by atoms with Gasteiger partial charge in [-0.05, 0) is 31.3 Å². The summed E-state index contributed by atoms with van der Waals surface area (Å²) >= 11 is 0. The maximum atomic E-state index is 3.23. The van der Waals surface area contributed by atoms with Gasteiger partial charge in [0.1, 0.15) is 0 Å². The summed E-state index contributed by atoms with van der Waals surface area (Å²) in [5, 5.41) is 4.52. The third-order valence-electron chi connectivity index (χ3n) is 3.16. The van der Waals surface area contributed by atoms with Crippen molar-refractivity contribution in [1.82, 2.24) is 9.88 Å². The predicted octanol–water partition coefficient (Wildman–Crippen LogP) is 3.35. The van der Waals surface area contributed by atoms with Crippen molar-refractivity contribution in [2.24, 2.45) is 0 Å². The van der Waals surface area contributed by atoms with Gasteiger partial charge in [-0.1, -0.05) is 36.4 Å². The van der Waals surface area contributed by atoms with Crippen LogP contribution in [-0.2, 0) is 6.54 Å². The predicted molar refractivity (Wildman–Crippen MR) is 76.0 cm³/mol. The molecule has 0 fully saturated rings. The molecular formula is C16H16N2. The average Bonchev–Trinajstić information content (AvgIpc) is 2.78. The number of para-hydroxylation sites is 2. The van der Waals surface area contributed by atoms with Crippen molar-refractivity contribution in [3.05, 3.63) is 66.4 Å². The molecule has 0 atom stereocenters. The Morgan fingerprint density at radius 1 is 0.944 bits per heavy atom. The summed E-state index contributed by atoms with van der Waals surface area (Å²) in [7, 11) is 1.98. The largest absolute Gasteiger partial charge is 0.314 e. The summed E-state index contributed by atoms with van der Waals surface area (Å²) in [6, 6.07) is 21.2. The highest BCUT2D eigenvalue weighted by molar-refractivity contribution is 5.83. The molecule has 90 valence electrons. The molecule has 0 saturated carbocycles. The highest BCUT2D eigenvalue weighted by Crippen LogP contribution is 2.24. The molecule has 0 bridgehead atoms. The van der Waals surface area contributed by atoms with Crippen LogP contribution in [0, 0.1) is 0 Å². The fraction of sp³-hybridized carbons (Fsp3) is 0.125. The molecule has 1 N–H and O–H groups in total. The molecule has 18 heavy (non-hydrogen) atoms. The SMILES string of the molecule is CNCc1cc2ccccc2n1-c1ccccc1. The molecule has 2 aromatic carbocycles. The van der Waals surface area contributed by atoms with Crippen LogP contribution in [0.1, 0.15) is 5.69 Å². The average molecular weight is 236 g/mol. The Morgan fingerprint density at radius 3 is 2.44 bits per heavy atom. The molecule has 3 aromatic rings. The zero-order chi connectivity index (χ0) is 12.4. The lowest BCUT2D eigenvalue weighted by atomic mass is 10.2. The summed E-state index contributed by atoms with van der Waals surface area (Å²) in [5.74, 6) is 0. The number of rotatable bonds is 3. The first-order chi connectivity index (χ1) is 8.90. The number of hydrogen-bond acceptors (Lipinski definition) is 1. The Kier molecular flexibility index (Phi) is 2.87. The van der Waals surface area contributed by atoms with Crippen LogP contribution >= 0.6 is 0 Å². The highest BCUT2D eigenvalue weighted by Gasteiger charge is 2.08. The molecule has 0 unspecified atom stereocenters. The van der Waals surface area contributed by atoms with Crippen LogP contribution in [-0.4, -0.2) is 11.6 Å². The Balaban J connectivity index is 2.28. The second-order valence-electron chi connectivity index (χ2n) is 4.40. The van der Waals surface area contributed by atoms with E-state index in [-0.39, 0.29) is 0 Å². The second-order valence-corrected chi connectivity index (χ2v) is 4.40. The molecule has 1 heterocycles. The van der Waals surface area contributed by atoms with Crippen molar-refractivity contribution >= 4 is 10.9 Å². The number of hydrogen-bond donors (Lipinski definition) is 1. The molecule has 0 spiro atoms. The van der Waals surface area contributed by atoms with Gasteiger partial charge in [-0.25, -0.2) is 0 Å². The van der Waals surface area contributed by atoms with Crippen LogP contribution in [0.3, 0.4) is 0 Å². The van der Waals surface area contributed by atoms with Crippen LogP contribution in [0.15, 0.2) is 60.7 Å². The quantitative estimate of drug-likeness (QED) is 0.738. The minimum atomic E-state index is 0.865. The first-order valence-corrected chi connectivity index (χ1v) is 6.19. The van der Waals surface area contributed by atoms with Gasteiger partial charge in [-0.2, -0.15) is 0 Å². The van der Waals surface area contributed by atoms with Gasteiger partial charge in [0, 0.05) is 23.3 Å². The Bertz CT molecular complexity index is 653. The minimum absolute atomic E-state index is 0.865. The van der Waals surface area contributed by atoms with Crippen molar-refractivity contribution in [2.75, 3.05) is 7.05 Å². The van der Waals surface area contributed by atoms with Gasteiger partial charge in [0.15, 0.2) is 0 Å². The maximum Gasteiger partial charge on any atom is 0.0532 e. The van der Waals surface area contributed by atoms with Crippen molar-refractivity contribution in [2.45, 2.75) is 6.54 Å². The molecule has 2 heteroatoms. The minimum Gasteiger partial charge on any atom is -0.314 e. The smallest absolute Gasteiger partial charge is 0.0532 e. The van der Waals surface area contributed by atoms with Gasteiger partial charge in [0.2, 0.25) is 0 Å². The van der Waals surface area contributed by atoms with Gasteiger partial charge >= 0.3 is 0 Å². The Labute approximate surface area is 107 Å². The highest BCUT2D eigenvalue weighted by atomic mass is 15.0. The number of nitrogens with zero attached hydrogens (tertiary/aromatic N) is 1. The number of fused-ring (bicyclic) bond motifs is 1. The van der Waals surface area contributed by atoms with E-state index in [1.807, 2.05) is 13.1 Å². The van der Waals surface area contributed by atoms with Crippen molar-refractivity contribution in [3.8, 4) is 5.69 Å². The lowest BCUT2D eigenvalue weighted by Gasteiger charge is -2.10. The third kappa shape index (κ3) is 1.81. The van der Waals surface area contributed by atoms with E-state index in [0.29, 0.717) is 0 Å². The maximum absolute atomic E-state index is 3.23. The molecule has 0 amide bonds. The summed E-state index contributed by atoms with van der Waals surface area (Å²) in [5.41, 5.74) is 3.75. The number of aromatic nitrogens is 1. The second kappa shape index (κ2) is 4.67. The summed E-state index contributed by atoms with van der Waals surface area (Å²) in [4.78, 5) is 0. The third-order valence-corrected chi connectivity index (χ3v) is 3.16. The van der Waals surface area contributed by atoms with E-state index in [9.17, 15) is 0 Å². The monoisotopic (exact) mass is 236 g/mol. The lowest BCUT2D eigenvalue weighted by Crippen LogP contribution is -2.09. The number of nitrogens with one attached hydrogen (secondary N) is 1. The van der Waals surface area contributed by atoms with Crippen LogP contribution in [0.25, 0.3) is 16.6 Å². The summed E-state index contributed by atoms with van der Waals surface area (Å²) in [6.45, 7) is 0.865. The molecule has 3 rings (SSSR count). The molecule has 0 radical (unpaired) electrons. The van der Waals surface area contributed by atoms with E-state index in [1.165, 1.54) is 22.3 Å². The van der Waals surface area contributed by atoms with E-state index in [0.717, 1.165) is 6.54 Å². The molecule has 0 aliphatic heterocycles. The van der Waals surface area contributed by atoms with Gasteiger partial charge in [0.25, 0.3) is 0 Å². The molecule has 0 aliphatic rings. The lowest BCUT2D eigenvalue weighted by molar-refractivity contribution is 0.774. The Morgan fingerprint density at radius 2 is 1.67 bits per heavy atom. The van der Waals surface area contributed by atoms with Crippen LogP contribution in [0.4, 0.5) is 0 Å². The van der Waals surface area contributed by atoms with Crippen LogP contribution < -0.4 is 5.32 Å². The van der Waals surface area contributed by atoms with Crippen molar-refractivity contribution in [1.29, 1.82) is 0 Å². The van der Waals surface area contributed by atoms with Gasteiger partial charge in [0.05, 0.1) is 5.52 Å². The standard InChI is InChI=1S/C16H16N2/c1-17-12-15-11-13-7-5-6-10-16(13)18(15)14-8-3-2-4-9-14/h2-11,17H,12H2,1H3. The summed E-state index contributed by atoms with van der Waals surface area (Å²) in [6.07, 6.45) is 0. The van der Waals surface area contributed by atoms with Gasteiger partial charge < -0.3 is 9.88 Å². The molecule has 1 aromatic heterocycles. The van der Waals surface area contributed by atoms with Gasteiger partial charge in [-0.3, -0.25) is 0 Å². The zero-order valence-electron chi connectivity index (χ0n) is 10.4. The van der Waals surface area contributed by atoms with Crippen molar-refractivity contribution < 1.29 is 0 Å². The first kappa shape index (κ1) is 11.1. The molecule has 0 aliphatic carbocycles. The van der Waals surface area contributed by atoms with E-state index in [2.05, 4.69) is 64.5 Å². The van der Waals surface area contributed by atoms with E-state index in [1.54, 1.807) is 0 Å². The zero-order valence-corrected chi connectivity index (χ0v) is 10.4. The van der Waals surface area contributed by atoms with Crippen LogP contribution in [0.5, 0.6) is 0 Å².